The molecule has 0 atom stereocenters. The summed E-state index contributed by atoms with van der Waals surface area (Å²) < 4.78 is 13.1. The third-order valence-corrected chi connectivity index (χ3v) is 4.10. The molecular weight excluding hydrogens is 289 g/mol. The van der Waals surface area contributed by atoms with Gasteiger partial charge in [0.2, 0.25) is 0 Å². The Bertz CT molecular complexity index is 598. The molecule has 5 heteroatoms. The Labute approximate surface area is 128 Å². The molecule has 0 unspecified atom stereocenters. The van der Waals surface area contributed by atoms with E-state index in [1.165, 1.54) is 11.8 Å². The van der Waals surface area contributed by atoms with E-state index in [9.17, 15) is 4.39 Å². The van der Waals surface area contributed by atoms with Crippen LogP contribution in [-0.2, 0) is 0 Å². The first-order chi connectivity index (χ1) is 10.2. The Balaban J connectivity index is 1.57. The Kier molecular flexibility index (Phi) is 4.25. The highest BCUT2D eigenvalue weighted by molar-refractivity contribution is 6.31. The van der Waals surface area contributed by atoms with Crippen LogP contribution in [0.25, 0.3) is 0 Å². The van der Waals surface area contributed by atoms with E-state index in [-0.39, 0.29) is 10.8 Å². The maximum atomic E-state index is 13.1. The number of nitrogens with one attached hydrogen (secondary N) is 1. The Morgan fingerprint density at radius 3 is 2.52 bits per heavy atom. The number of rotatable bonds is 3. The lowest BCUT2D eigenvalue weighted by atomic mass is 10.0. The molecule has 1 aliphatic heterocycles. The van der Waals surface area contributed by atoms with Crippen LogP contribution in [0.1, 0.15) is 12.8 Å². The van der Waals surface area contributed by atoms with E-state index in [0.29, 0.717) is 6.04 Å². The summed E-state index contributed by atoms with van der Waals surface area (Å²) in [6, 6.07) is 9.24. The molecule has 1 saturated heterocycles. The normalized spacial score (nSPS) is 16.0. The number of hydrogen-bond donors (Lipinski definition) is 1. The van der Waals surface area contributed by atoms with Crippen LogP contribution in [0.4, 0.5) is 15.8 Å². The lowest BCUT2D eigenvalue weighted by Crippen LogP contribution is -2.39. The summed E-state index contributed by atoms with van der Waals surface area (Å²) in [6.07, 6.45) is 5.72. The van der Waals surface area contributed by atoms with Gasteiger partial charge in [-0.3, -0.25) is 4.98 Å². The van der Waals surface area contributed by atoms with Crippen molar-refractivity contribution in [3.05, 3.63) is 53.6 Å². The van der Waals surface area contributed by atoms with E-state index in [2.05, 4.69) is 15.2 Å². The molecule has 110 valence electrons. The van der Waals surface area contributed by atoms with Crippen LogP contribution in [0, 0.1) is 5.82 Å². The molecule has 0 radical (unpaired) electrons. The number of benzene rings is 1. The number of halogens is 2. The molecule has 0 aliphatic carbocycles. The minimum atomic E-state index is -0.380. The largest absolute Gasteiger partial charge is 0.382 e. The van der Waals surface area contributed by atoms with Gasteiger partial charge >= 0.3 is 0 Å². The van der Waals surface area contributed by atoms with Crippen molar-refractivity contribution in [2.75, 3.05) is 23.3 Å². The summed E-state index contributed by atoms with van der Waals surface area (Å²) in [7, 11) is 0. The smallest absolute Gasteiger partial charge is 0.141 e. The molecule has 0 spiro atoms. The van der Waals surface area contributed by atoms with Crippen molar-refractivity contribution in [1.82, 2.24) is 4.98 Å². The monoisotopic (exact) mass is 305 g/mol. The van der Waals surface area contributed by atoms with Gasteiger partial charge in [0.25, 0.3) is 0 Å². The van der Waals surface area contributed by atoms with Crippen molar-refractivity contribution in [2.45, 2.75) is 18.9 Å². The summed E-state index contributed by atoms with van der Waals surface area (Å²) in [5, 5.41) is 3.59. The number of nitrogens with zero attached hydrogens (tertiary/aromatic N) is 2. The van der Waals surface area contributed by atoms with Gasteiger partial charge in [-0.2, -0.15) is 0 Å². The van der Waals surface area contributed by atoms with E-state index in [1.807, 2.05) is 24.5 Å². The first-order valence-corrected chi connectivity index (χ1v) is 7.47. The van der Waals surface area contributed by atoms with Crippen LogP contribution >= 0.6 is 11.6 Å². The second-order valence-electron chi connectivity index (χ2n) is 5.24. The van der Waals surface area contributed by atoms with Crippen LogP contribution in [0.15, 0.2) is 42.7 Å². The average Bonchev–Trinajstić information content (AvgIpc) is 2.53. The number of hydrogen-bond acceptors (Lipinski definition) is 3. The zero-order valence-electron chi connectivity index (χ0n) is 11.6. The van der Waals surface area contributed by atoms with Crippen molar-refractivity contribution in [3.8, 4) is 0 Å². The van der Waals surface area contributed by atoms with Gasteiger partial charge in [-0.05, 0) is 43.2 Å². The lowest BCUT2D eigenvalue weighted by Gasteiger charge is -2.34. The van der Waals surface area contributed by atoms with Crippen molar-refractivity contribution < 1.29 is 4.39 Å². The Morgan fingerprint density at radius 1 is 1.14 bits per heavy atom. The molecule has 1 N–H and O–H groups in total. The Morgan fingerprint density at radius 2 is 1.86 bits per heavy atom. The molecule has 1 fully saturated rings. The summed E-state index contributed by atoms with van der Waals surface area (Å²) in [4.78, 5) is 6.40. The van der Waals surface area contributed by atoms with Crippen molar-refractivity contribution in [1.29, 1.82) is 0 Å². The predicted molar refractivity (Wildman–Crippen MR) is 84.5 cm³/mol. The lowest BCUT2D eigenvalue weighted by molar-refractivity contribution is 0.526. The summed E-state index contributed by atoms with van der Waals surface area (Å²) in [6.45, 7) is 1.99. The van der Waals surface area contributed by atoms with Gasteiger partial charge in [-0.25, -0.2) is 4.39 Å². The van der Waals surface area contributed by atoms with Crippen molar-refractivity contribution in [2.24, 2.45) is 0 Å². The fourth-order valence-corrected chi connectivity index (χ4v) is 2.84. The molecule has 3 nitrogen and oxygen atoms in total. The molecule has 1 aromatic carbocycles. The predicted octanol–water partition coefficient (Wildman–Crippen LogP) is 3.96. The second kappa shape index (κ2) is 6.31. The third-order valence-electron chi connectivity index (χ3n) is 3.81. The third kappa shape index (κ3) is 3.45. The molecule has 3 rings (SSSR count). The molecule has 1 aromatic heterocycles. The quantitative estimate of drug-likeness (QED) is 0.930. The van der Waals surface area contributed by atoms with Crippen LogP contribution in [0.3, 0.4) is 0 Å². The van der Waals surface area contributed by atoms with Gasteiger partial charge in [0.15, 0.2) is 0 Å². The number of aromatic nitrogens is 1. The van der Waals surface area contributed by atoms with E-state index in [4.69, 9.17) is 11.6 Å². The van der Waals surface area contributed by atoms with Gasteiger partial charge in [-0.1, -0.05) is 11.6 Å². The maximum Gasteiger partial charge on any atom is 0.141 e. The summed E-state index contributed by atoms with van der Waals surface area (Å²) in [5.74, 6) is -0.380. The zero-order valence-corrected chi connectivity index (χ0v) is 12.4. The summed E-state index contributed by atoms with van der Waals surface area (Å²) in [5.41, 5.74) is 2.09. The van der Waals surface area contributed by atoms with E-state index < -0.39 is 0 Å². The molecule has 2 heterocycles. The minimum Gasteiger partial charge on any atom is -0.382 e. The SMILES string of the molecule is Fc1ccc(NC2CCN(c3ccncc3)CC2)cc1Cl. The highest BCUT2D eigenvalue weighted by atomic mass is 35.5. The number of anilines is 2. The molecule has 0 bridgehead atoms. The molecule has 21 heavy (non-hydrogen) atoms. The zero-order chi connectivity index (χ0) is 14.7. The molecule has 0 amide bonds. The first-order valence-electron chi connectivity index (χ1n) is 7.09. The second-order valence-corrected chi connectivity index (χ2v) is 5.65. The van der Waals surface area contributed by atoms with Gasteiger partial charge in [0, 0.05) is 42.9 Å². The molecule has 0 saturated carbocycles. The van der Waals surface area contributed by atoms with Crippen molar-refractivity contribution >= 4 is 23.0 Å². The topological polar surface area (TPSA) is 28.2 Å². The van der Waals surface area contributed by atoms with Gasteiger partial charge in [-0.15, -0.1) is 0 Å². The standard InChI is InChI=1S/C16H17ClFN3/c17-15-11-13(1-2-16(15)18)20-12-5-9-21(10-6-12)14-3-7-19-8-4-14/h1-4,7-8,11-12,20H,5-6,9-10H2. The van der Waals surface area contributed by atoms with Crippen LogP contribution in [-0.4, -0.2) is 24.1 Å². The highest BCUT2D eigenvalue weighted by Crippen LogP contribution is 2.24. The molecule has 2 aromatic rings. The van der Waals surface area contributed by atoms with E-state index in [1.54, 1.807) is 12.1 Å². The van der Waals surface area contributed by atoms with E-state index >= 15 is 0 Å². The van der Waals surface area contributed by atoms with Crippen LogP contribution < -0.4 is 10.2 Å². The average molecular weight is 306 g/mol. The molecule has 1 aliphatic rings. The van der Waals surface area contributed by atoms with Crippen LogP contribution in [0.2, 0.25) is 5.02 Å². The van der Waals surface area contributed by atoms with Crippen molar-refractivity contribution in [3.63, 3.8) is 0 Å². The number of pyridine rings is 1. The van der Waals surface area contributed by atoms with Gasteiger partial charge in [0.1, 0.15) is 5.82 Å². The molecular formula is C16H17ClFN3. The first kappa shape index (κ1) is 14.1. The fraction of sp³-hybridized carbons (Fsp3) is 0.312. The Hall–Kier alpha value is -1.81. The van der Waals surface area contributed by atoms with E-state index in [0.717, 1.165) is 31.6 Å². The highest BCUT2D eigenvalue weighted by Gasteiger charge is 2.19. The maximum absolute atomic E-state index is 13.1. The van der Waals surface area contributed by atoms with Gasteiger partial charge < -0.3 is 10.2 Å². The summed E-state index contributed by atoms with van der Waals surface area (Å²) >= 11 is 5.81. The van der Waals surface area contributed by atoms with Gasteiger partial charge in [0.05, 0.1) is 5.02 Å². The minimum absolute atomic E-state index is 0.161. The number of piperidine rings is 1. The fourth-order valence-electron chi connectivity index (χ4n) is 2.66. The van der Waals surface area contributed by atoms with Crippen LogP contribution in [0.5, 0.6) is 0 Å².